The Balaban J connectivity index is 1.12. The van der Waals surface area contributed by atoms with Crippen molar-refractivity contribution in [2.75, 3.05) is 38.1 Å². The van der Waals surface area contributed by atoms with E-state index in [0.29, 0.717) is 49.9 Å². The summed E-state index contributed by atoms with van der Waals surface area (Å²) in [6.07, 6.45) is 3.28. The number of pyridine rings is 1. The average Bonchev–Trinajstić information content (AvgIpc) is 3.55. The van der Waals surface area contributed by atoms with Gasteiger partial charge < -0.3 is 24.3 Å². The second-order valence-corrected chi connectivity index (χ2v) is 13.4. The normalized spacial score (nSPS) is 19.0. The number of hydrogen-bond donors (Lipinski definition) is 1. The molecule has 13 heteroatoms. The highest BCUT2D eigenvalue weighted by atomic mass is 19.1. The van der Waals surface area contributed by atoms with Gasteiger partial charge in [-0.2, -0.15) is 0 Å². The number of carbonyl (C=O) groups is 1. The van der Waals surface area contributed by atoms with Gasteiger partial charge in [-0.25, -0.2) is 33.5 Å². The average molecular weight is 635 g/mol. The lowest BCUT2D eigenvalue weighted by Crippen LogP contribution is -2.53. The second-order valence-electron chi connectivity index (χ2n) is 13.4. The van der Waals surface area contributed by atoms with Crippen LogP contribution < -0.4 is 5.32 Å². The van der Waals surface area contributed by atoms with Crippen molar-refractivity contribution in [1.29, 1.82) is 0 Å². The van der Waals surface area contributed by atoms with Gasteiger partial charge in [0.25, 0.3) is 0 Å². The van der Waals surface area contributed by atoms with E-state index in [9.17, 15) is 9.18 Å². The molecule has 1 spiro atoms. The molecule has 1 aromatic carbocycles. The number of likely N-dealkylation sites (tertiary alicyclic amines) is 1. The van der Waals surface area contributed by atoms with Crippen LogP contribution in [0, 0.1) is 18.6 Å². The molecule has 46 heavy (non-hydrogen) atoms. The Morgan fingerprint density at radius 3 is 2.61 bits per heavy atom. The molecule has 0 saturated carbocycles. The summed E-state index contributed by atoms with van der Waals surface area (Å²) in [5.74, 6) is 0.0897. The van der Waals surface area contributed by atoms with Crippen molar-refractivity contribution in [2.24, 2.45) is 0 Å². The van der Waals surface area contributed by atoms with Crippen LogP contribution >= 0.6 is 0 Å². The number of rotatable bonds is 6. The van der Waals surface area contributed by atoms with Gasteiger partial charge in [-0.3, -0.25) is 4.90 Å². The standard InChI is InChI=1S/C33H40F2N8O3/c1-20(2)43-21(3)38-29-24(34)13-23(14-26(29)43)28-25(35)16-37-30(40-28)39-27-8-7-22(15-36-27)17-41-11-12-45-33(18-41)9-10-42(19-33)31(44)46-32(4,5)6/h7-8,13-16,20H,9-12,17-19H2,1-6H3,(H,36,37,39,40)/t33-/m1/s1. The number of fused-ring (bicyclic) bond motifs is 1. The van der Waals surface area contributed by atoms with Crippen molar-refractivity contribution in [1.82, 2.24) is 34.3 Å². The predicted molar refractivity (Wildman–Crippen MR) is 170 cm³/mol. The Kier molecular flexibility index (Phi) is 8.40. The van der Waals surface area contributed by atoms with Crippen molar-refractivity contribution < 1.29 is 23.0 Å². The Bertz CT molecular complexity index is 1750. The van der Waals surface area contributed by atoms with Gasteiger partial charge in [0.05, 0.1) is 24.9 Å². The zero-order chi connectivity index (χ0) is 32.8. The third-order valence-electron chi connectivity index (χ3n) is 8.23. The summed E-state index contributed by atoms with van der Waals surface area (Å²) in [4.78, 5) is 34.0. The first kappa shape index (κ1) is 31.7. The maximum atomic E-state index is 15.1. The van der Waals surface area contributed by atoms with E-state index in [1.165, 1.54) is 6.07 Å². The quantitative estimate of drug-likeness (QED) is 0.273. The first-order chi connectivity index (χ1) is 21.8. The first-order valence-corrected chi connectivity index (χ1v) is 15.6. The Morgan fingerprint density at radius 2 is 1.89 bits per heavy atom. The fourth-order valence-electron chi connectivity index (χ4n) is 6.28. The van der Waals surface area contributed by atoms with Crippen LogP contribution in [0.15, 0.2) is 36.7 Å². The van der Waals surface area contributed by atoms with Crippen molar-refractivity contribution in [2.45, 2.75) is 71.8 Å². The van der Waals surface area contributed by atoms with E-state index < -0.39 is 22.8 Å². The van der Waals surface area contributed by atoms with Crippen LogP contribution in [0.25, 0.3) is 22.3 Å². The highest BCUT2D eigenvalue weighted by Gasteiger charge is 2.45. The molecule has 5 heterocycles. The zero-order valence-corrected chi connectivity index (χ0v) is 27.1. The molecular weight excluding hydrogens is 594 g/mol. The van der Waals surface area contributed by atoms with E-state index in [1.54, 1.807) is 17.2 Å². The molecule has 4 aromatic rings. The molecule has 244 valence electrons. The molecule has 1 atom stereocenters. The number of halogens is 2. The highest BCUT2D eigenvalue weighted by Crippen LogP contribution is 2.32. The molecule has 2 aliphatic rings. The van der Waals surface area contributed by atoms with Gasteiger partial charge in [-0.1, -0.05) is 6.07 Å². The number of anilines is 2. The van der Waals surface area contributed by atoms with Crippen molar-refractivity contribution in [3.63, 3.8) is 0 Å². The van der Waals surface area contributed by atoms with Gasteiger partial charge in [-0.05, 0) is 71.7 Å². The van der Waals surface area contributed by atoms with Crippen molar-refractivity contribution >= 4 is 28.9 Å². The molecular formula is C33H40F2N8O3. The summed E-state index contributed by atoms with van der Waals surface area (Å²) in [5.41, 5.74) is 1.13. The molecule has 11 nitrogen and oxygen atoms in total. The lowest BCUT2D eigenvalue weighted by Gasteiger charge is -2.40. The molecule has 3 aromatic heterocycles. The number of aromatic nitrogens is 5. The van der Waals surface area contributed by atoms with Gasteiger partial charge >= 0.3 is 6.09 Å². The summed E-state index contributed by atoms with van der Waals surface area (Å²) in [7, 11) is 0. The Labute approximate surface area is 267 Å². The summed E-state index contributed by atoms with van der Waals surface area (Å²) in [6, 6.07) is 6.77. The van der Waals surface area contributed by atoms with Gasteiger partial charge in [0.1, 0.15) is 34.1 Å². The molecule has 2 saturated heterocycles. The first-order valence-electron chi connectivity index (χ1n) is 15.6. The molecule has 0 unspecified atom stereocenters. The topological polar surface area (TPSA) is 111 Å². The summed E-state index contributed by atoms with van der Waals surface area (Å²) in [5, 5.41) is 3.03. The van der Waals surface area contributed by atoms with Crippen LogP contribution in [0.2, 0.25) is 0 Å². The van der Waals surface area contributed by atoms with Gasteiger partial charge in [0.15, 0.2) is 11.6 Å². The number of amides is 1. The fraction of sp³-hybridized carbons (Fsp3) is 0.485. The molecule has 1 amide bonds. The van der Waals surface area contributed by atoms with E-state index in [2.05, 4.69) is 30.2 Å². The van der Waals surface area contributed by atoms with Crippen LogP contribution in [0.4, 0.5) is 25.3 Å². The highest BCUT2D eigenvalue weighted by molar-refractivity contribution is 5.83. The number of carbonyl (C=O) groups excluding carboxylic acids is 1. The lowest BCUT2D eigenvalue weighted by molar-refractivity contribution is -0.103. The largest absolute Gasteiger partial charge is 0.444 e. The SMILES string of the molecule is Cc1nc2c(F)cc(-c3nc(Nc4ccc(CN5CCO[C@]6(CCN(C(=O)OC(C)(C)C)C6)C5)cn4)ncc3F)cc2n1C(C)C. The summed E-state index contributed by atoms with van der Waals surface area (Å²) in [6.45, 7) is 15.2. The number of morpholine rings is 1. The lowest BCUT2D eigenvalue weighted by atomic mass is 10.0. The third kappa shape index (κ3) is 6.66. The Hall–Kier alpha value is -4.23. The number of hydrogen-bond acceptors (Lipinski definition) is 9. The van der Waals surface area contributed by atoms with E-state index in [4.69, 9.17) is 9.47 Å². The molecule has 2 aliphatic heterocycles. The van der Waals surface area contributed by atoms with Crippen LogP contribution in [-0.4, -0.2) is 84.4 Å². The molecule has 0 aliphatic carbocycles. The van der Waals surface area contributed by atoms with Gasteiger partial charge in [0.2, 0.25) is 5.95 Å². The van der Waals surface area contributed by atoms with Crippen LogP contribution in [-0.2, 0) is 16.0 Å². The Morgan fingerprint density at radius 1 is 1.09 bits per heavy atom. The molecule has 0 radical (unpaired) electrons. The molecule has 1 N–H and O–H groups in total. The van der Waals surface area contributed by atoms with Crippen molar-refractivity contribution in [3.05, 3.63) is 59.7 Å². The van der Waals surface area contributed by atoms with E-state index in [1.807, 2.05) is 58.2 Å². The zero-order valence-electron chi connectivity index (χ0n) is 27.1. The van der Waals surface area contributed by atoms with Crippen molar-refractivity contribution in [3.8, 4) is 11.3 Å². The third-order valence-corrected chi connectivity index (χ3v) is 8.23. The van der Waals surface area contributed by atoms with Gasteiger partial charge in [0, 0.05) is 44.0 Å². The monoisotopic (exact) mass is 634 g/mol. The predicted octanol–water partition coefficient (Wildman–Crippen LogP) is 6.01. The molecule has 2 fully saturated rings. The minimum absolute atomic E-state index is 0.0255. The number of nitrogens with one attached hydrogen (secondary N) is 1. The summed E-state index contributed by atoms with van der Waals surface area (Å²) >= 11 is 0. The van der Waals surface area contributed by atoms with E-state index in [0.717, 1.165) is 24.7 Å². The smallest absolute Gasteiger partial charge is 0.410 e. The number of imidazole rings is 1. The number of ether oxygens (including phenoxy) is 2. The minimum atomic E-state index is -0.667. The molecule has 0 bridgehead atoms. The fourth-order valence-corrected chi connectivity index (χ4v) is 6.28. The number of nitrogens with zero attached hydrogens (tertiary/aromatic N) is 7. The minimum Gasteiger partial charge on any atom is -0.444 e. The van der Waals surface area contributed by atoms with Crippen LogP contribution in [0.1, 0.15) is 58.5 Å². The van der Waals surface area contributed by atoms with Crippen LogP contribution in [0.5, 0.6) is 0 Å². The van der Waals surface area contributed by atoms with E-state index in [-0.39, 0.29) is 34.9 Å². The van der Waals surface area contributed by atoms with Gasteiger partial charge in [-0.15, -0.1) is 0 Å². The second kappa shape index (κ2) is 12.2. The maximum absolute atomic E-state index is 15.1. The number of benzene rings is 1. The van der Waals surface area contributed by atoms with E-state index >= 15 is 4.39 Å². The van der Waals surface area contributed by atoms with Crippen LogP contribution in [0.3, 0.4) is 0 Å². The molecule has 6 rings (SSSR count). The number of aryl methyl sites for hydroxylation is 1. The maximum Gasteiger partial charge on any atom is 0.410 e. The summed E-state index contributed by atoms with van der Waals surface area (Å²) < 4.78 is 43.7.